The molecule has 0 saturated carbocycles. The van der Waals surface area contributed by atoms with Gasteiger partial charge in [-0.05, 0) is 6.92 Å². The molecule has 0 amide bonds. The SMILES string of the molecule is CCn1cc(-c2cc(N)nc(COC)n2)cn1. The average Bonchev–Trinajstić information content (AvgIpc) is 2.77. The second-order valence-electron chi connectivity index (χ2n) is 3.61. The number of aryl methyl sites for hydroxylation is 1. The van der Waals surface area contributed by atoms with E-state index in [0.717, 1.165) is 17.8 Å². The predicted molar refractivity (Wildman–Crippen MR) is 64.1 cm³/mol. The molecule has 2 rings (SSSR count). The molecule has 6 heteroatoms. The summed E-state index contributed by atoms with van der Waals surface area (Å²) < 4.78 is 6.84. The second-order valence-corrected chi connectivity index (χ2v) is 3.61. The van der Waals surface area contributed by atoms with Crippen LogP contribution >= 0.6 is 0 Å². The highest BCUT2D eigenvalue weighted by Gasteiger charge is 2.07. The summed E-state index contributed by atoms with van der Waals surface area (Å²) in [5.74, 6) is 1.01. The number of hydrogen-bond donors (Lipinski definition) is 1. The van der Waals surface area contributed by atoms with E-state index in [1.807, 2.05) is 17.8 Å². The number of nitrogens with zero attached hydrogens (tertiary/aromatic N) is 4. The number of anilines is 1. The Balaban J connectivity index is 2.37. The molecule has 0 aliphatic rings. The first kappa shape index (κ1) is 11.5. The first-order valence-corrected chi connectivity index (χ1v) is 5.38. The van der Waals surface area contributed by atoms with Crippen molar-refractivity contribution < 1.29 is 4.74 Å². The van der Waals surface area contributed by atoms with Crippen molar-refractivity contribution >= 4 is 5.82 Å². The molecule has 0 unspecified atom stereocenters. The van der Waals surface area contributed by atoms with Gasteiger partial charge in [0.25, 0.3) is 0 Å². The van der Waals surface area contributed by atoms with Crippen molar-refractivity contribution in [1.29, 1.82) is 0 Å². The summed E-state index contributed by atoms with van der Waals surface area (Å²) in [6.07, 6.45) is 3.69. The molecule has 0 atom stereocenters. The van der Waals surface area contributed by atoms with Crippen LogP contribution in [0, 0.1) is 0 Å². The minimum atomic E-state index is 0.347. The number of methoxy groups -OCH3 is 1. The minimum absolute atomic E-state index is 0.347. The van der Waals surface area contributed by atoms with Crippen molar-refractivity contribution in [3.05, 3.63) is 24.3 Å². The van der Waals surface area contributed by atoms with Gasteiger partial charge in [0, 0.05) is 31.5 Å². The molecule has 0 aliphatic carbocycles. The van der Waals surface area contributed by atoms with Crippen LogP contribution in [-0.2, 0) is 17.9 Å². The Kier molecular flexibility index (Phi) is 3.34. The van der Waals surface area contributed by atoms with E-state index in [-0.39, 0.29) is 0 Å². The van der Waals surface area contributed by atoms with Crippen LogP contribution in [0.25, 0.3) is 11.3 Å². The van der Waals surface area contributed by atoms with Crippen molar-refractivity contribution in [3.63, 3.8) is 0 Å². The van der Waals surface area contributed by atoms with Gasteiger partial charge in [-0.3, -0.25) is 4.68 Å². The minimum Gasteiger partial charge on any atom is -0.384 e. The molecule has 2 heterocycles. The zero-order chi connectivity index (χ0) is 12.3. The summed E-state index contributed by atoms with van der Waals surface area (Å²) >= 11 is 0. The number of aromatic nitrogens is 4. The number of nitrogens with two attached hydrogens (primary N) is 1. The van der Waals surface area contributed by atoms with Gasteiger partial charge in [-0.2, -0.15) is 5.10 Å². The molecule has 0 fully saturated rings. The molecule has 0 saturated heterocycles. The maximum atomic E-state index is 5.73. The lowest BCUT2D eigenvalue weighted by atomic mass is 10.2. The molecule has 0 radical (unpaired) electrons. The number of ether oxygens (including phenoxy) is 1. The normalized spacial score (nSPS) is 10.7. The Bertz CT molecular complexity index is 508. The fraction of sp³-hybridized carbons (Fsp3) is 0.364. The van der Waals surface area contributed by atoms with Crippen molar-refractivity contribution in [3.8, 4) is 11.3 Å². The van der Waals surface area contributed by atoms with Crippen molar-refractivity contribution in [2.24, 2.45) is 0 Å². The zero-order valence-corrected chi connectivity index (χ0v) is 9.92. The Morgan fingerprint density at radius 2 is 2.24 bits per heavy atom. The number of rotatable bonds is 4. The Morgan fingerprint density at radius 1 is 1.41 bits per heavy atom. The van der Waals surface area contributed by atoms with E-state index in [1.54, 1.807) is 19.4 Å². The van der Waals surface area contributed by atoms with Gasteiger partial charge in [0.2, 0.25) is 0 Å². The maximum absolute atomic E-state index is 5.73. The van der Waals surface area contributed by atoms with Crippen LogP contribution in [-0.4, -0.2) is 26.9 Å². The van der Waals surface area contributed by atoms with Crippen molar-refractivity contribution in [1.82, 2.24) is 19.7 Å². The molecule has 0 bridgehead atoms. The first-order chi connectivity index (χ1) is 8.22. The molecule has 2 N–H and O–H groups in total. The smallest absolute Gasteiger partial charge is 0.157 e. The Morgan fingerprint density at radius 3 is 2.88 bits per heavy atom. The third-order valence-electron chi connectivity index (χ3n) is 2.32. The van der Waals surface area contributed by atoms with Gasteiger partial charge in [-0.15, -0.1) is 0 Å². The van der Waals surface area contributed by atoms with E-state index in [2.05, 4.69) is 15.1 Å². The molecule has 0 spiro atoms. The van der Waals surface area contributed by atoms with Gasteiger partial charge in [-0.1, -0.05) is 0 Å². The molecule has 6 nitrogen and oxygen atoms in total. The van der Waals surface area contributed by atoms with Crippen molar-refractivity contribution in [2.75, 3.05) is 12.8 Å². The average molecular weight is 233 g/mol. The van der Waals surface area contributed by atoms with Gasteiger partial charge in [0.05, 0.1) is 11.9 Å². The molecule has 17 heavy (non-hydrogen) atoms. The molecule has 0 aliphatic heterocycles. The lowest BCUT2D eigenvalue weighted by Gasteiger charge is -2.03. The Labute approximate surface area is 99.4 Å². The second kappa shape index (κ2) is 4.92. The van der Waals surface area contributed by atoms with E-state index in [0.29, 0.717) is 18.2 Å². The zero-order valence-electron chi connectivity index (χ0n) is 9.92. The van der Waals surface area contributed by atoms with Gasteiger partial charge in [-0.25, -0.2) is 9.97 Å². The van der Waals surface area contributed by atoms with Crippen LogP contribution < -0.4 is 5.73 Å². The van der Waals surface area contributed by atoms with Gasteiger partial charge in [0.1, 0.15) is 12.4 Å². The first-order valence-electron chi connectivity index (χ1n) is 5.38. The van der Waals surface area contributed by atoms with E-state index in [4.69, 9.17) is 10.5 Å². The summed E-state index contributed by atoms with van der Waals surface area (Å²) in [6, 6.07) is 1.73. The monoisotopic (exact) mass is 233 g/mol. The molecular formula is C11H15N5O. The highest BCUT2D eigenvalue weighted by molar-refractivity contribution is 5.60. The fourth-order valence-electron chi connectivity index (χ4n) is 1.53. The van der Waals surface area contributed by atoms with Crippen LogP contribution in [0.5, 0.6) is 0 Å². The molecular weight excluding hydrogens is 218 g/mol. The summed E-state index contributed by atoms with van der Waals surface area (Å²) in [6.45, 7) is 3.20. The van der Waals surface area contributed by atoms with E-state index < -0.39 is 0 Å². The standard InChI is InChI=1S/C11H15N5O/c1-3-16-6-8(5-13-16)9-4-10(12)15-11(14-9)7-17-2/h4-6H,3,7H2,1-2H3,(H2,12,14,15). The summed E-state index contributed by atoms with van der Waals surface area (Å²) in [7, 11) is 1.60. The summed E-state index contributed by atoms with van der Waals surface area (Å²) in [4.78, 5) is 8.46. The molecule has 2 aromatic heterocycles. The third-order valence-corrected chi connectivity index (χ3v) is 2.32. The van der Waals surface area contributed by atoms with Crippen LogP contribution in [0.1, 0.15) is 12.7 Å². The van der Waals surface area contributed by atoms with Gasteiger partial charge < -0.3 is 10.5 Å². The fourth-order valence-corrected chi connectivity index (χ4v) is 1.53. The third kappa shape index (κ3) is 2.59. The lowest BCUT2D eigenvalue weighted by molar-refractivity contribution is 0.178. The quantitative estimate of drug-likeness (QED) is 0.855. The van der Waals surface area contributed by atoms with Crippen LogP contribution in [0.2, 0.25) is 0 Å². The Hall–Kier alpha value is -1.95. The lowest BCUT2D eigenvalue weighted by Crippen LogP contribution is -2.02. The van der Waals surface area contributed by atoms with E-state index >= 15 is 0 Å². The number of nitrogen functional groups attached to an aromatic ring is 1. The summed E-state index contributed by atoms with van der Waals surface area (Å²) in [5.41, 5.74) is 7.43. The predicted octanol–water partition coefficient (Wildman–Crippen LogP) is 1.09. The molecule has 2 aromatic rings. The number of hydrogen-bond acceptors (Lipinski definition) is 5. The van der Waals surface area contributed by atoms with Crippen LogP contribution in [0.4, 0.5) is 5.82 Å². The highest BCUT2D eigenvalue weighted by Crippen LogP contribution is 2.18. The summed E-state index contributed by atoms with van der Waals surface area (Å²) in [5, 5.41) is 4.20. The van der Waals surface area contributed by atoms with Gasteiger partial charge >= 0.3 is 0 Å². The maximum Gasteiger partial charge on any atom is 0.157 e. The molecule has 0 aromatic carbocycles. The highest BCUT2D eigenvalue weighted by atomic mass is 16.5. The van der Waals surface area contributed by atoms with E-state index in [1.165, 1.54) is 0 Å². The largest absolute Gasteiger partial charge is 0.384 e. The van der Waals surface area contributed by atoms with E-state index in [9.17, 15) is 0 Å². The van der Waals surface area contributed by atoms with Crippen LogP contribution in [0.3, 0.4) is 0 Å². The van der Waals surface area contributed by atoms with Crippen molar-refractivity contribution in [2.45, 2.75) is 20.1 Å². The topological polar surface area (TPSA) is 78.9 Å². The van der Waals surface area contributed by atoms with Crippen LogP contribution in [0.15, 0.2) is 18.5 Å². The van der Waals surface area contributed by atoms with Gasteiger partial charge in [0.15, 0.2) is 5.82 Å². The molecule has 90 valence electrons.